The number of nitrogens with one attached hydrogen (secondary N) is 1. The minimum atomic E-state index is -0.965. The number of carbonyl (C=O) groups is 1. The molecule has 0 amide bonds. The van der Waals surface area contributed by atoms with E-state index in [1.165, 1.54) is 0 Å². The molecule has 1 heterocycles. The Bertz CT molecular complexity index is 673. The molecule has 1 aromatic carbocycles. The molecule has 5 nitrogen and oxygen atoms in total. The molecule has 2 N–H and O–H groups in total. The molecule has 106 valence electrons. The summed E-state index contributed by atoms with van der Waals surface area (Å²) in [4.78, 5) is 15.5. The van der Waals surface area contributed by atoms with Gasteiger partial charge in [-0.3, -0.25) is 4.21 Å². The lowest BCUT2D eigenvalue weighted by molar-refractivity contribution is 0.0699. The molecule has 2 unspecified atom stereocenters. The molecule has 2 aromatic rings. The third-order valence-corrected chi connectivity index (χ3v) is 3.81. The van der Waals surface area contributed by atoms with Gasteiger partial charge in [-0.2, -0.15) is 0 Å². The first kappa shape index (κ1) is 14.5. The molecular formula is C14H16N2O3S. The van der Waals surface area contributed by atoms with Gasteiger partial charge in [0.15, 0.2) is 0 Å². The summed E-state index contributed by atoms with van der Waals surface area (Å²) in [5.74, 6) is 0.223. The fourth-order valence-electron chi connectivity index (χ4n) is 2.07. The SMILES string of the molecule is CC(CS(C)=O)Nc1ccc2c(C(=O)O)cccc2n1. The number of rotatable bonds is 5. The molecule has 0 saturated heterocycles. The second-order valence-corrected chi connectivity index (χ2v) is 6.14. The Kier molecular flexibility index (Phi) is 4.34. The summed E-state index contributed by atoms with van der Waals surface area (Å²) in [6, 6.07) is 8.52. The van der Waals surface area contributed by atoms with E-state index in [1.54, 1.807) is 36.6 Å². The van der Waals surface area contributed by atoms with E-state index in [4.69, 9.17) is 5.11 Å². The quantitative estimate of drug-likeness (QED) is 0.882. The third kappa shape index (κ3) is 3.33. The number of hydrogen-bond acceptors (Lipinski definition) is 4. The lowest BCUT2D eigenvalue weighted by Crippen LogP contribution is -2.22. The van der Waals surface area contributed by atoms with Crippen LogP contribution in [0.25, 0.3) is 10.9 Å². The molecular weight excluding hydrogens is 276 g/mol. The van der Waals surface area contributed by atoms with Crippen LogP contribution in [0.15, 0.2) is 30.3 Å². The number of carboxylic acids is 1. The van der Waals surface area contributed by atoms with Crippen molar-refractivity contribution in [2.45, 2.75) is 13.0 Å². The van der Waals surface area contributed by atoms with E-state index in [9.17, 15) is 9.00 Å². The first-order chi connectivity index (χ1) is 9.47. The summed E-state index contributed by atoms with van der Waals surface area (Å²) >= 11 is 0. The average Bonchev–Trinajstić information content (AvgIpc) is 2.36. The maximum absolute atomic E-state index is 11.2. The maximum atomic E-state index is 11.2. The largest absolute Gasteiger partial charge is 0.478 e. The Labute approximate surface area is 119 Å². The minimum absolute atomic E-state index is 0.0356. The van der Waals surface area contributed by atoms with Gasteiger partial charge >= 0.3 is 5.97 Å². The molecule has 2 rings (SSSR count). The van der Waals surface area contributed by atoms with Crippen LogP contribution in [0.1, 0.15) is 17.3 Å². The van der Waals surface area contributed by atoms with Crippen molar-refractivity contribution in [3.63, 3.8) is 0 Å². The summed E-state index contributed by atoms with van der Waals surface area (Å²) in [5.41, 5.74) is 0.865. The Balaban J connectivity index is 2.30. The molecule has 6 heteroatoms. The molecule has 0 fully saturated rings. The number of nitrogens with zero attached hydrogens (tertiary/aromatic N) is 1. The van der Waals surface area contributed by atoms with Crippen molar-refractivity contribution >= 4 is 33.5 Å². The Morgan fingerprint density at radius 2 is 2.15 bits per heavy atom. The van der Waals surface area contributed by atoms with E-state index >= 15 is 0 Å². The highest BCUT2D eigenvalue weighted by molar-refractivity contribution is 7.84. The van der Waals surface area contributed by atoms with Crippen molar-refractivity contribution in [2.24, 2.45) is 0 Å². The lowest BCUT2D eigenvalue weighted by atomic mass is 10.1. The van der Waals surface area contributed by atoms with Crippen LogP contribution >= 0.6 is 0 Å². The average molecular weight is 292 g/mol. The molecule has 0 spiro atoms. The van der Waals surface area contributed by atoms with Gasteiger partial charge in [-0.1, -0.05) is 6.07 Å². The van der Waals surface area contributed by atoms with Crippen LogP contribution < -0.4 is 5.32 Å². The number of pyridine rings is 1. The van der Waals surface area contributed by atoms with Crippen molar-refractivity contribution in [1.82, 2.24) is 4.98 Å². The number of aromatic nitrogens is 1. The van der Waals surface area contributed by atoms with Crippen molar-refractivity contribution in [2.75, 3.05) is 17.3 Å². The first-order valence-electron chi connectivity index (χ1n) is 6.17. The van der Waals surface area contributed by atoms with Crippen molar-refractivity contribution in [1.29, 1.82) is 0 Å². The van der Waals surface area contributed by atoms with Gasteiger partial charge in [-0.05, 0) is 31.2 Å². The van der Waals surface area contributed by atoms with Gasteiger partial charge in [0.05, 0.1) is 11.1 Å². The summed E-state index contributed by atoms with van der Waals surface area (Å²) in [6.45, 7) is 1.93. The fraction of sp³-hybridized carbons (Fsp3) is 0.286. The molecule has 0 saturated carbocycles. The molecule has 0 aliphatic carbocycles. The van der Waals surface area contributed by atoms with Gasteiger partial charge in [0, 0.05) is 34.2 Å². The predicted molar refractivity (Wildman–Crippen MR) is 80.7 cm³/mol. The zero-order valence-corrected chi connectivity index (χ0v) is 12.1. The summed E-state index contributed by atoms with van der Waals surface area (Å²) in [6.07, 6.45) is 1.66. The second-order valence-electron chi connectivity index (χ2n) is 4.66. The van der Waals surface area contributed by atoms with Crippen LogP contribution in [0.3, 0.4) is 0 Å². The molecule has 0 radical (unpaired) electrons. The predicted octanol–water partition coefficient (Wildman–Crippen LogP) is 2.11. The normalized spacial score (nSPS) is 13.9. The third-order valence-electron chi connectivity index (χ3n) is 2.84. The Morgan fingerprint density at radius 1 is 1.40 bits per heavy atom. The highest BCUT2D eigenvalue weighted by Gasteiger charge is 2.10. The van der Waals surface area contributed by atoms with Gasteiger partial charge in [-0.25, -0.2) is 9.78 Å². The topological polar surface area (TPSA) is 79.3 Å². The maximum Gasteiger partial charge on any atom is 0.336 e. The highest BCUT2D eigenvalue weighted by atomic mass is 32.2. The molecule has 0 aliphatic heterocycles. The second kappa shape index (κ2) is 6.00. The highest BCUT2D eigenvalue weighted by Crippen LogP contribution is 2.19. The molecule has 2 atom stereocenters. The minimum Gasteiger partial charge on any atom is -0.478 e. The van der Waals surface area contributed by atoms with E-state index in [1.807, 2.05) is 6.92 Å². The molecule has 1 aromatic heterocycles. The van der Waals surface area contributed by atoms with E-state index in [0.717, 1.165) is 0 Å². The van der Waals surface area contributed by atoms with E-state index in [2.05, 4.69) is 10.3 Å². The lowest BCUT2D eigenvalue weighted by Gasteiger charge is -2.13. The standard InChI is InChI=1S/C14H16N2O3S/c1-9(8-20(2)19)15-13-7-6-10-11(14(17)18)4-3-5-12(10)16-13/h3-7,9H,8H2,1-2H3,(H,15,16)(H,17,18). The van der Waals surface area contributed by atoms with E-state index < -0.39 is 16.8 Å². The Morgan fingerprint density at radius 3 is 2.80 bits per heavy atom. The van der Waals surface area contributed by atoms with Crippen LogP contribution in [0.2, 0.25) is 0 Å². The van der Waals surface area contributed by atoms with E-state index in [0.29, 0.717) is 22.5 Å². The van der Waals surface area contributed by atoms with Gasteiger partial charge in [0.2, 0.25) is 0 Å². The van der Waals surface area contributed by atoms with E-state index in [-0.39, 0.29) is 11.6 Å². The number of aromatic carboxylic acids is 1. The van der Waals surface area contributed by atoms with Crippen molar-refractivity contribution < 1.29 is 14.1 Å². The molecule has 0 aliphatic rings. The zero-order valence-electron chi connectivity index (χ0n) is 11.3. The number of carboxylic acid groups (broad SMARTS) is 1. The summed E-state index contributed by atoms with van der Waals surface area (Å²) < 4.78 is 11.2. The smallest absolute Gasteiger partial charge is 0.336 e. The van der Waals surface area contributed by atoms with Crippen LogP contribution in [-0.2, 0) is 10.8 Å². The number of benzene rings is 1. The van der Waals surface area contributed by atoms with Crippen LogP contribution in [-0.4, -0.2) is 38.3 Å². The van der Waals surface area contributed by atoms with Gasteiger partial charge < -0.3 is 10.4 Å². The summed E-state index contributed by atoms with van der Waals surface area (Å²) in [7, 11) is -0.874. The van der Waals surface area contributed by atoms with Gasteiger partial charge in [-0.15, -0.1) is 0 Å². The summed E-state index contributed by atoms with van der Waals surface area (Å²) in [5, 5.41) is 12.9. The van der Waals surface area contributed by atoms with Crippen LogP contribution in [0.5, 0.6) is 0 Å². The first-order valence-corrected chi connectivity index (χ1v) is 7.89. The number of fused-ring (bicyclic) bond motifs is 1. The Hall–Kier alpha value is -1.95. The zero-order chi connectivity index (χ0) is 14.7. The molecule has 20 heavy (non-hydrogen) atoms. The monoisotopic (exact) mass is 292 g/mol. The number of anilines is 1. The number of hydrogen-bond donors (Lipinski definition) is 2. The van der Waals surface area contributed by atoms with Crippen molar-refractivity contribution in [3.05, 3.63) is 35.9 Å². The van der Waals surface area contributed by atoms with Gasteiger partial charge in [0.25, 0.3) is 0 Å². The molecule has 0 bridgehead atoms. The fourth-order valence-corrected chi connectivity index (χ4v) is 2.86. The van der Waals surface area contributed by atoms with Gasteiger partial charge in [0.1, 0.15) is 5.82 Å². The van der Waals surface area contributed by atoms with Crippen LogP contribution in [0, 0.1) is 0 Å². The van der Waals surface area contributed by atoms with Crippen LogP contribution in [0.4, 0.5) is 5.82 Å². The van der Waals surface area contributed by atoms with Crippen molar-refractivity contribution in [3.8, 4) is 0 Å².